The summed E-state index contributed by atoms with van der Waals surface area (Å²) in [6.45, 7) is 2.05. The summed E-state index contributed by atoms with van der Waals surface area (Å²) in [6, 6.07) is 17.0. The molecule has 106 valence electrons. The van der Waals surface area contributed by atoms with Gasteiger partial charge in [-0.15, -0.1) is 0 Å². The van der Waals surface area contributed by atoms with Crippen LogP contribution in [0.1, 0.15) is 34.5 Å². The maximum Gasteiger partial charge on any atom is 0.251 e. The lowest BCUT2D eigenvalue weighted by Gasteiger charge is -2.16. The second-order valence-electron chi connectivity index (χ2n) is 4.76. The van der Waals surface area contributed by atoms with E-state index in [1.54, 1.807) is 19.2 Å². The van der Waals surface area contributed by atoms with Crippen molar-refractivity contribution >= 4 is 11.6 Å². The Kier molecular flexibility index (Phi) is 4.57. The fourth-order valence-corrected chi connectivity index (χ4v) is 2.04. The number of anilines is 1. The van der Waals surface area contributed by atoms with Gasteiger partial charge in [0.05, 0.1) is 11.6 Å². The van der Waals surface area contributed by atoms with Crippen molar-refractivity contribution in [2.45, 2.75) is 13.0 Å². The maximum atomic E-state index is 11.5. The lowest BCUT2D eigenvalue weighted by Crippen LogP contribution is -2.17. The third-order valence-electron chi connectivity index (χ3n) is 3.30. The third-order valence-corrected chi connectivity index (χ3v) is 3.30. The fourth-order valence-electron chi connectivity index (χ4n) is 2.04. The van der Waals surface area contributed by atoms with Crippen LogP contribution in [-0.2, 0) is 0 Å². The van der Waals surface area contributed by atoms with E-state index in [0.717, 1.165) is 11.3 Å². The van der Waals surface area contributed by atoms with E-state index in [4.69, 9.17) is 5.26 Å². The number of nitriles is 1. The minimum absolute atomic E-state index is 0.0957. The summed E-state index contributed by atoms with van der Waals surface area (Å²) in [7, 11) is 1.61. The SMILES string of the molecule is CNC(=O)c1ccc(NC(C)c2ccc(C#N)cc2)cc1. The lowest BCUT2D eigenvalue weighted by molar-refractivity contribution is 0.0963. The van der Waals surface area contributed by atoms with Crippen LogP contribution in [0.2, 0.25) is 0 Å². The average Bonchev–Trinajstić information content (AvgIpc) is 2.55. The maximum absolute atomic E-state index is 11.5. The Hall–Kier alpha value is -2.80. The standard InChI is InChI=1S/C17H17N3O/c1-12(14-5-3-13(11-18)4-6-14)20-16-9-7-15(8-10-16)17(21)19-2/h3-10,12,20H,1-2H3,(H,19,21). The quantitative estimate of drug-likeness (QED) is 0.904. The largest absolute Gasteiger partial charge is 0.379 e. The molecular weight excluding hydrogens is 262 g/mol. The van der Waals surface area contributed by atoms with Crippen LogP contribution in [0, 0.1) is 11.3 Å². The van der Waals surface area contributed by atoms with E-state index in [1.165, 1.54) is 0 Å². The molecule has 0 radical (unpaired) electrons. The monoisotopic (exact) mass is 279 g/mol. The Balaban J connectivity index is 2.06. The molecule has 1 unspecified atom stereocenters. The number of hydrogen-bond donors (Lipinski definition) is 2. The number of benzene rings is 2. The van der Waals surface area contributed by atoms with Crippen molar-refractivity contribution in [3.05, 3.63) is 65.2 Å². The molecule has 0 aliphatic heterocycles. The molecule has 4 heteroatoms. The highest BCUT2D eigenvalue weighted by Gasteiger charge is 2.07. The molecule has 0 aliphatic rings. The Morgan fingerprint density at radius 3 is 2.24 bits per heavy atom. The first-order valence-electron chi connectivity index (χ1n) is 6.73. The van der Waals surface area contributed by atoms with Crippen LogP contribution in [0.3, 0.4) is 0 Å². The van der Waals surface area contributed by atoms with Crippen LogP contribution in [0.25, 0.3) is 0 Å². The Morgan fingerprint density at radius 1 is 1.10 bits per heavy atom. The zero-order valence-corrected chi connectivity index (χ0v) is 12.1. The van der Waals surface area contributed by atoms with Gasteiger partial charge in [0.1, 0.15) is 0 Å². The molecule has 1 atom stereocenters. The van der Waals surface area contributed by atoms with Gasteiger partial charge in [0, 0.05) is 24.3 Å². The predicted octanol–water partition coefficient (Wildman–Crippen LogP) is 3.09. The van der Waals surface area contributed by atoms with E-state index < -0.39 is 0 Å². The van der Waals surface area contributed by atoms with Crippen molar-refractivity contribution in [3.8, 4) is 6.07 Å². The zero-order chi connectivity index (χ0) is 15.2. The first kappa shape index (κ1) is 14.6. The highest BCUT2D eigenvalue weighted by atomic mass is 16.1. The van der Waals surface area contributed by atoms with E-state index >= 15 is 0 Å². The number of hydrogen-bond acceptors (Lipinski definition) is 3. The van der Waals surface area contributed by atoms with E-state index in [9.17, 15) is 4.79 Å². The van der Waals surface area contributed by atoms with Crippen LogP contribution < -0.4 is 10.6 Å². The lowest BCUT2D eigenvalue weighted by atomic mass is 10.1. The van der Waals surface area contributed by atoms with Gasteiger partial charge in [0.15, 0.2) is 0 Å². The van der Waals surface area contributed by atoms with Crippen molar-refractivity contribution in [1.29, 1.82) is 5.26 Å². The number of nitrogens with one attached hydrogen (secondary N) is 2. The number of nitrogens with zero attached hydrogens (tertiary/aromatic N) is 1. The molecular formula is C17H17N3O. The van der Waals surface area contributed by atoms with Gasteiger partial charge in [-0.1, -0.05) is 12.1 Å². The van der Waals surface area contributed by atoms with Crippen LogP contribution in [0.4, 0.5) is 5.69 Å². The van der Waals surface area contributed by atoms with Gasteiger partial charge in [0.2, 0.25) is 0 Å². The summed E-state index contributed by atoms with van der Waals surface area (Å²) in [5.74, 6) is -0.0957. The van der Waals surface area contributed by atoms with Gasteiger partial charge in [-0.2, -0.15) is 5.26 Å². The number of amides is 1. The second-order valence-corrected chi connectivity index (χ2v) is 4.76. The molecule has 0 spiro atoms. The first-order valence-corrected chi connectivity index (χ1v) is 6.73. The molecule has 0 bridgehead atoms. The van der Waals surface area contributed by atoms with Crippen LogP contribution in [-0.4, -0.2) is 13.0 Å². The van der Waals surface area contributed by atoms with Crippen molar-refractivity contribution in [3.63, 3.8) is 0 Å². The molecule has 0 saturated carbocycles. The summed E-state index contributed by atoms with van der Waals surface area (Å²) >= 11 is 0. The summed E-state index contributed by atoms with van der Waals surface area (Å²) in [5.41, 5.74) is 3.33. The molecule has 0 saturated heterocycles. The summed E-state index contributed by atoms with van der Waals surface area (Å²) in [6.07, 6.45) is 0. The molecule has 2 rings (SSSR count). The van der Waals surface area contributed by atoms with Crippen molar-refractivity contribution in [2.75, 3.05) is 12.4 Å². The van der Waals surface area contributed by atoms with E-state index in [1.807, 2.05) is 43.3 Å². The first-order chi connectivity index (χ1) is 10.1. The van der Waals surface area contributed by atoms with Crippen molar-refractivity contribution < 1.29 is 4.79 Å². The summed E-state index contributed by atoms with van der Waals surface area (Å²) in [5, 5.41) is 14.8. The molecule has 0 fully saturated rings. The number of carbonyl (C=O) groups is 1. The summed E-state index contributed by atoms with van der Waals surface area (Å²) < 4.78 is 0. The highest BCUT2D eigenvalue weighted by molar-refractivity contribution is 5.94. The van der Waals surface area contributed by atoms with Gasteiger partial charge in [-0.3, -0.25) is 4.79 Å². The number of carbonyl (C=O) groups excluding carboxylic acids is 1. The van der Waals surface area contributed by atoms with Gasteiger partial charge < -0.3 is 10.6 Å². The fraction of sp³-hybridized carbons (Fsp3) is 0.176. The highest BCUT2D eigenvalue weighted by Crippen LogP contribution is 2.20. The Morgan fingerprint density at radius 2 is 1.71 bits per heavy atom. The van der Waals surface area contributed by atoms with E-state index in [-0.39, 0.29) is 11.9 Å². The molecule has 21 heavy (non-hydrogen) atoms. The molecule has 2 N–H and O–H groups in total. The molecule has 4 nitrogen and oxygen atoms in total. The Labute approximate surface area is 124 Å². The molecule has 1 amide bonds. The van der Waals surface area contributed by atoms with Crippen molar-refractivity contribution in [2.24, 2.45) is 0 Å². The van der Waals surface area contributed by atoms with Gasteiger partial charge in [-0.25, -0.2) is 0 Å². The molecule has 2 aromatic rings. The normalized spacial score (nSPS) is 11.3. The zero-order valence-electron chi connectivity index (χ0n) is 12.1. The van der Waals surface area contributed by atoms with Gasteiger partial charge in [-0.05, 0) is 48.9 Å². The van der Waals surface area contributed by atoms with Crippen LogP contribution >= 0.6 is 0 Å². The van der Waals surface area contributed by atoms with Gasteiger partial charge in [0.25, 0.3) is 5.91 Å². The Bertz CT molecular complexity index is 654. The number of rotatable bonds is 4. The predicted molar refractivity (Wildman–Crippen MR) is 83.0 cm³/mol. The summed E-state index contributed by atoms with van der Waals surface area (Å²) in [4.78, 5) is 11.5. The molecule has 0 aromatic heterocycles. The van der Waals surface area contributed by atoms with Gasteiger partial charge >= 0.3 is 0 Å². The second kappa shape index (κ2) is 6.58. The average molecular weight is 279 g/mol. The smallest absolute Gasteiger partial charge is 0.251 e. The molecule has 0 aliphatic carbocycles. The van der Waals surface area contributed by atoms with Crippen LogP contribution in [0.15, 0.2) is 48.5 Å². The van der Waals surface area contributed by atoms with E-state index in [2.05, 4.69) is 16.7 Å². The van der Waals surface area contributed by atoms with Crippen molar-refractivity contribution in [1.82, 2.24) is 5.32 Å². The minimum Gasteiger partial charge on any atom is -0.379 e. The molecule has 2 aromatic carbocycles. The van der Waals surface area contributed by atoms with E-state index in [0.29, 0.717) is 11.1 Å². The van der Waals surface area contributed by atoms with Crippen LogP contribution in [0.5, 0.6) is 0 Å². The topological polar surface area (TPSA) is 64.9 Å². The molecule has 0 heterocycles. The third kappa shape index (κ3) is 3.61. The minimum atomic E-state index is -0.0957.